The van der Waals surface area contributed by atoms with E-state index >= 15 is 0 Å². The Hall–Kier alpha value is -1.54. The van der Waals surface area contributed by atoms with Crippen LogP contribution in [0.3, 0.4) is 0 Å². The van der Waals surface area contributed by atoms with E-state index in [1.165, 1.54) is 10.9 Å². The fraction of sp³-hybridized carbons (Fsp3) is 0.231. The summed E-state index contributed by atoms with van der Waals surface area (Å²) < 4.78 is 0. The maximum Gasteiger partial charge on any atom is 0.0454 e. The average Bonchev–Trinajstić information content (AvgIpc) is 2.72. The fourth-order valence-electron chi connectivity index (χ4n) is 1.77. The molecule has 0 saturated carbocycles. The number of aromatic amines is 1. The van der Waals surface area contributed by atoms with Crippen LogP contribution < -0.4 is 5.73 Å². The minimum atomic E-state index is 0.113. The lowest BCUT2D eigenvalue weighted by molar-refractivity contribution is 0.662. The molecule has 2 nitrogen and oxygen atoms in total. The van der Waals surface area contributed by atoms with E-state index in [4.69, 9.17) is 5.73 Å². The van der Waals surface area contributed by atoms with Crippen LogP contribution in [0.25, 0.3) is 10.9 Å². The number of hydrogen-bond acceptors (Lipinski definition) is 1. The second kappa shape index (κ2) is 4.32. The lowest BCUT2D eigenvalue weighted by Gasteiger charge is -2.10. The Morgan fingerprint density at radius 1 is 1.40 bits per heavy atom. The molecule has 0 aliphatic heterocycles. The first-order valence-electron chi connectivity index (χ1n) is 5.25. The van der Waals surface area contributed by atoms with Gasteiger partial charge in [0.05, 0.1) is 0 Å². The molecule has 0 unspecified atom stereocenters. The molecule has 2 heteroatoms. The SMILES string of the molecule is C=CCC[C@@H](N)c1ccc2[nH]ccc2c1. The highest BCUT2D eigenvalue weighted by Crippen LogP contribution is 2.21. The van der Waals surface area contributed by atoms with Crippen LogP contribution >= 0.6 is 0 Å². The zero-order valence-corrected chi connectivity index (χ0v) is 8.74. The van der Waals surface area contributed by atoms with E-state index in [1.54, 1.807) is 0 Å². The number of allylic oxidation sites excluding steroid dienone is 1. The Labute approximate surface area is 89.8 Å². The van der Waals surface area contributed by atoms with Gasteiger partial charge in [-0.15, -0.1) is 6.58 Å². The van der Waals surface area contributed by atoms with Crippen molar-refractivity contribution in [3.8, 4) is 0 Å². The first-order chi connectivity index (χ1) is 7.31. The van der Waals surface area contributed by atoms with E-state index in [0.29, 0.717) is 0 Å². The monoisotopic (exact) mass is 200 g/mol. The first-order valence-corrected chi connectivity index (χ1v) is 5.25. The van der Waals surface area contributed by atoms with Gasteiger partial charge in [0, 0.05) is 17.8 Å². The normalized spacial score (nSPS) is 12.9. The number of H-pyrrole nitrogens is 1. The zero-order chi connectivity index (χ0) is 10.7. The van der Waals surface area contributed by atoms with Gasteiger partial charge >= 0.3 is 0 Å². The van der Waals surface area contributed by atoms with Crippen LogP contribution in [-0.4, -0.2) is 4.98 Å². The van der Waals surface area contributed by atoms with Crippen LogP contribution in [0.15, 0.2) is 43.1 Å². The maximum absolute atomic E-state index is 6.08. The molecular weight excluding hydrogens is 184 g/mol. The first kappa shape index (κ1) is 9.99. The molecule has 0 aliphatic carbocycles. The molecule has 2 rings (SSSR count). The summed E-state index contributed by atoms with van der Waals surface area (Å²) in [5.74, 6) is 0. The van der Waals surface area contributed by atoms with Crippen LogP contribution in [0.2, 0.25) is 0 Å². The van der Waals surface area contributed by atoms with Crippen LogP contribution in [0.5, 0.6) is 0 Å². The molecule has 1 aromatic carbocycles. The Morgan fingerprint density at radius 3 is 3.07 bits per heavy atom. The van der Waals surface area contributed by atoms with E-state index < -0.39 is 0 Å². The molecular formula is C13H16N2. The van der Waals surface area contributed by atoms with Crippen molar-refractivity contribution >= 4 is 10.9 Å². The highest BCUT2D eigenvalue weighted by molar-refractivity contribution is 5.80. The lowest BCUT2D eigenvalue weighted by atomic mass is 10.0. The molecule has 0 amide bonds. The zero-order valence-electron chi connectivity index (χ0n) is 8.74. The predicted molar refractivity (Wildman–Crippen MR) is 64.7 cm³/mol. The van der Waals surface area contributed by atoms with Crippen molar-refractivity contribution in [2.75, 3.05) is 0 Å². The maximum atomic E-state index is 6.08. The summed E-state index contributed by atoms with van der Waals surface area (Å²) in [5.41, 5.74) is 8.44. The van der Waals surface area contributed by atoms with E-state index in [9.17, 15) is 0 Å². The largest absolute Gasteiger partial charge is 0.361 e. The molecule has 78 valence electrons. The van der Waals surface area contributed by atoms with Gasteiger partial charge in [0.15, 0.2) is 0 Å². The second-order valence-electron chi connectivity index (χ2n) is 3.80. The molecule has 0 bridgehead atoms. The van der Waals surface area contributed by atoms with Gasteiger partial charge in [0.1, 0.15) is 0 Å². The number of hydrogen-bond donors (Lipinski definition) is 2. The second-order valence-corrected chi connectivity index (χ2v) is 3.80. The van der Waals surface area contributed by atoms with Crippen molar-refractivity contribution in [1.29, 1.82) is 0 Å². The third-order valence-electron chi connectivity index (χ3n) is 2.69. The lowest BCUT2D eigenvalue weighted by Crippen LogP contribution is -2.09. The highest BCUT2D eigenvalue weighted by atomic mass is 14.7. The van der Waals surface area contributed by atoms with Crippen LogP contribution in [0.1, 0.15) is 24.4 Å². The Kier molecular flexibility index (Phi) is 2.88. The van der Waals surface area contributed by atoms with Gasteiger partial charge in [-0.05, 0) is 42.0 Å². The van der Waals surface area contributed by atoms with E-state index in [2.05, 4.69) is 35.8 Å². The molecule has 0 aliphatic rings. The molecule has 0 spiro atoms. The van der Waals surface area contributed by atoms with Crippen molar-refractivity contribution < 1.29 is 0 Å². The number of nitrogens with two attached hydrogens (primary N) is 1. The molecule has 1 aromatic heterocycles. The summed E-state index contributed by atoms with van der Waals surface area (Å²) >= 11 is 0. The molecule has 1 heterocycles. The Bertz CT molecular complexity index is 456. The summed E-state index contributed by atoms with van der Waals surface area (Å²) in [6.45, 7) is 3.71. The van der Waals surface area contributed by atoms with Crippen molar-refractivity contribution in [1.82, 2.24) is 4.98 Å². The van der Waals surface area contributed by atoms with Crippen molar-refractivity contribution in [2.24, 2.45) is 5.73 Å². The molecule has 0 radical (unpaired) electrons. The molecule has 1 atom stereocenters. The molecule has 2 aromatic rings. The van der Waals surface area contributed by atoms with Gasteiger partial charge < -0.3 is 10.7 Å². The standard InChI is InChI=1S/C13H16N2/c1-2-3-4-12(14)10-5-6-13-11(9-10)7-8-15-13/h2,5-9,12,15H,1,3-4,14H2/t12-/m1/s1. The third kappa shape index (κ3) is 2.10. The fourth-order valence-corrected chi connectivity index (χ4v) is 1.77. The van der Waals surface area contributed by atoms with Crippen molar-refractivity contribution in [2.45, 2.75) is 18.9 Å². The predicted octanol–water partition coefficient (Wildman–Crippen LogP) is 3.13. The Morgan fingerprint density at radius 2 is 2.27 bits per heavy atom. The number of fused-ring (bicyclic) bond motifs is 1. The molecule has 3 N–H and O–H groups in total. The smallest absolute Gasteiger partial charge is 0.0454 e. The summed E-state index contributed by atoms with van der Waals surface area (Å²) in [7, 11) is 0. The van der Waals surface area contributed by atoms with Gasteiger partial charge in [-0.2, -0.15) is 0 Å². The third-order valence-corrected chi connectivity index (χ3v) is 2.69. The van der Waals surface area contributed by atoms with Gasteiger partial charge in [0.25, 0.3) is 0 Å². The summed E-state index contributed by atoms with van der Waals surface area (Å²) in [4.78, 5) is 3.17. The van der Waals surface area contributed by atoms with E-state index in [0.717, 1.165) is 18.4 Å². The van der Waals surface area contributed by atoms with Crippen molar-refractivity contribution in [3.63, 3.8) is 0 Å². The minimum absolute atomic E-state index is 0.113. The topological polar surface area (TPSA) is 41.8 Å². The number of nitrogens with one attached hydrogen (secondary N) is 1. The summed E-state index contributed by atoms with van der Waals surface area (Å²) in [6, 6.07) is 8.51. The number of benzene rings is 1. The van der Waals surface area contributed by atoms with E-state index in [1.807, 2.05) is 12.3 Å². The molecule has 0 saturated heterocycles. The van der Waals surface area contributed by atoms with E-state index in [-0.39, 0.29) is 6.04 Å². The number of rotatable bonds is 4. The van der Waals surface area contributed by atoms with Gasteiger partial charge in [0.2, 0.25) is 0 Å². The minimum Gasteiger partial charge on any atom is -0.361 e. The summed E-state index contributed by atoms with van der Waals surface area (Å²) in [5, 5.41) is 1.22. The van der Waals surface area contributed by atoms with Crippen molar-refractivity contribution in [3.05, 3.63) is 48.7 Å². The summed E-state index contributed by atoms with van der Waals surface area (Å²) in [6.07, 6.45) is 5.78. The molecule has 15 heavy (non-hydrogen) atoms. The molecule has 0 fully saturated rings. The highest BCUT2D eigenvalue weighted by Gasteiger charge is 2.05. The van der Waals surface area contributed by atoms with Crippen LogP contribution in [0.4, 0.5) is 0 Å². The Balaban J connectivity index is 2.23. The van der Waals surface area contributed by atoms with Crippen LogP contribution in [0, 0.1) is 0 Å². The van der Waals surface area contributed by atoms with Gasteiger partial charge in [-0.1, -0.05) is 12.1 Å². The average molecular weight is 200 g/mol. The number of aromatic nitrogens is 1. The van der Waals surface area contributed by atoms with Gasteiger partial charge in [-0.25, -0.2) is 0 Å². The quantitative estimate of drug-likeness (QED) is 0.731. The van der Waals surface area contributed by atoms with Crippen LogP contribution in [-0.2, 0) is 0 Å². The van der Waals surface area contributed by atoms with Gasteiger partial charge in [-0.3, -0.25) is 0 Å².